The Labute approximate surface area is 135 Å². The van der Waals surface area contributed by atoms with Crippen LogP contribution in [-0.4, -0.2) is 11.9 Å². The zero-order chi connectivity index (χ0) is 16.2. The highest BCUT2D eigenvalue weighted by molar-refractivity contribution is 5.83. The van der Waals surface area contributed by atoms with Crippen LogP contribution in [0.4, 0.5) is 4.39 Å². The zero-order valence-corrected chi connectivity index (χ0v) is 13.2. The molecule has 3 nitrogen and oxygen atoms in total. The van der Waals surface area contributed by atoms with Gasteiger partial charge in [-0.25, -0.2) is 4.39 Å². The Balaban J connectivity index is 1.72. The van der Waals surface area contributed by atoms with Crippen LogP contribution in [0.1, 0.15) is 35.6 Å². The van der Waals surface area contributed by atoms with Crippen LogP contribution in [-0.2, 0) is 11.3 Å². The fraction of sp³-hybridized carbons (Fsp3) is 0.316. The average Bonchev–Trinajstić information content (AvgIpc) is 3.35. The number of nitrogens with one attached hydrogen (secondary N) is 2. The van der Waals surface area contributed by atoms with E-state index in [2.05, 4.69) is 10.6 Å². The molecule has 0 bridgehead atoms. The van der Waals surface area contributed by atoms with E-state index in [9.17, 15) is 9.18 Å². The lowest BCUT2D eigenvalue weighted by molar-refractivity contribution is -0.123. The van der Waals surface area contributed by atoms with Gasteiger partial charge in [0, 0.05) is 12.6 Å². The van der Waals surface area contributed by atoms with Gasteiger partial charge < -0.3 is 5.32 Å². The summed E-state index contributed by atoms with van der Waals surface area (Å²) < 4.78 is 13.1. The molecule has 1 fully saturated rings. The molecule has 1 amide bonds. The summed E-state index contributed by atoms with van der Waals surface area (Å²) in [7, 11) is 0. The van der Waals surface area contributed by atoms with E-state index in [0.29, 0.717) is 12.6 Å². The molecule has 1 atom stereocenters. The maximum Gasteiger partial charge on any atom is 0.241 e. The number of benzene rings is 2. The number of carbonyl (C=O) groups excluding carboxylic acids is 1. The van der Waals surface area contributed by atoms with E-state index in [1.165, 1.54) is 17.7 Å². The lowest BCUT2D eigenvalue weighted by Gasteiger charge is -2.19. The van der Waals surface area contributed by atoms with Gasteiger partial charge in [-0.05, 0) is 43.0 Å². The van der Waals surface area contributed by atoms with Crippen LogP contribution in [0.2, 0.25) is 0 Å². The molecule has 0 saturated heterocycles. The molecule has 2 N–H and O–H groups in total. The predicted molar refractivity (Wildman–Crippen MR) is 88.3 cm³/mol. The van der Waals surface area contributed by atoms with E-state index in [-0.39, 0.29) is 11.7 Å². The standard InChI is InChI=1S/C19H21FN2O/c1-13-2-4-14(5-3-13)12-21-18(19(23)22-17-10-11-17)15-6-8-16(20)9-7-15/h2-9,17-18,21H,10-12H2,1H3,(H,22,23). The number of hydrogen-bond acceptors (Lipinski definition) is 2. The summed E-state index contributed by atoms with van der Waals surface area (Å²) in [6.45, 7) is 2.63. The molecule has 0 radical (unpaired) electrons. The lowest BCUT2D eigenvalue weighted by atomic mass is 10.0. The van der Waals surface area contributed by atoms with Crippen LogP contribution >= 0.6 is 0 Å². The molecule has 0 aliphatic heterocycles. The molecule has 120 valence electrons. The van der Waals surface area contributed by atoms with E-state index in [1.54, 1.807) is 12.1 Å². The molecule has 4 heteroatoms. The highest BCUT2D eigenvalue weighted by atomic mass is 19.1. The summed E-state index contributed by atoms with van der Waals surface area (Å²) in [6, 6.07) is 14.1. The van der Waals surface area contributed by atoms with Crippen LogP contribution in [0.25, 0.3) is 0 Å². The molecule has 2 aromatic carbocycles. The number of halogens is 1. The van der Waals surface area contributed by atoms with Crippen molar-refractivity contribution in [1.82, 2.24) is 10.6 Å². The van der Waals surface area contributed by atoms with E-state index in [0.717, 1.165) is 24.0 Å². The second-order valence-corrected chi connectivity index (χ2v) is 6.13. The Hall–Kier alpha value is -2.20. The number of hydrogen-bond donors (Lipinski definition) is 2. The third-order valence-electron chi connectivity index (χ3n) is 4.02. The fourth-order valence-corrected chi connectivity index (χ4v) is 2.46. The molecule has 0 heterocycles. The zero-order valence-electron chi connectivity index (χ0n) is 13.2. The van der Waals surface area contributed by atoms with Crippen molar-refractivity contribution in [3.63, 3.8) is 0 Å². The third kappa shape index (κ3) is 4.39. The van der Waals surface area contributed by atoms with Gasteiger partial charge in [0.15, 0.2) is 0 Å². The fourth-order valence-electron chi connectivity index (χ4n) is 2.46. The Morgan fingerprint density at radius 1 is 1.13 bits per heavy atom. The third-order valence-corrected chi connectivity index (χ3v) is 4.02. The van der Waals surface area contributed by atoms with E-state index >= 15 is 0 Å². The van der Waals surface area contributed by atoms with Crippen LogP contribution in [0.3, 0.4) is 0 Å². The molecule has 23 heavy (non-hydrogen) atoms. The topological polar surface area (TPSA) is 41.1 Å². The van der Waals surface area contributed by atoms with Crippen LogP contribution < -0.4 is 10.6 Å². The van der Waals surface area contributed by atoms with Crippen molar-refractivity contribution in [2.45, 2.75) is 38.4 Å². The van der Waals surface area contributed by atoms with Gasteiger partial charge in [0.05, 0.1) is 0 Å². The number of aryl methyl sites for hydroxylation is 1. The van der Waals surface area contributed by atoms with Gasteiger partial charge in [-0.2, -0.15) is 0 Å². The second-order valence-electron chi connectivity index (χ2n) is 6.13. The Morgan fingerprint density at radius 2 is 1.78 bits per heavy atom. The maximum atomic E-state index is 13.1. The van der Waals surface area contributed by atoms with Crippen LogP contribution in [0.5, 0.6) is 0 Å². The Bertz CT molecular complexity index is 663. The van der Waals surface area contributed by atoms with E-state index in [4.69, 9.17) is 0 Å². The lowest BCUT2D eigenvalue weighted by Crippen LogP contribution is -2.38. The monoisotopic (exact) mass is 312 g/mol. The van der Waals surface area contributed by atoms with E-state index in [1.807, 2.05) is 31.2 Å². The SMILES string of the molecule is Cc1ccc(CNC(C(=O)NC2CC2)c2ccc(F)cc2)cc1. The second kappa shape index (κ2) is 6.92. The molecule has 1 unspecified atom stereocenters. The van der Waals surface area contributed by atoms with Crippen molar-refractivity contribution in [3.8, 4) is 0 Å². The van der Waals surface area contributed by atoms with Crippen LogP contribution in [0.15, 0.2) is 48.5 Å². The predicted octanol–water partition coefficient (Wildman–Crippen LogP) is 3.24. The van der Waals surface area contributed by atoms with Gasteiger partial charge in [-0.3, -0.25) is 10.1 Å². The van der Waals surface area contributed by atoms with Crippen molar-refractivity contribution < 1.29 is 9.18 Å². The Morgan fingerprint density at radius 3 is 2.39 bits per heavy atom. The minimum Gasteiger partial charge on any atom is -0.352 e. The molecule has 2 aromatic rings. The smallest absolute Gasteiger partial charge is 0.241 e. The average molecular weight is 312 g/mol. The Kier molecular flexibility index (Phi) is 4.72. The molecule has 3 rings (SSSR count). The summed E-state index contributed by atoms with van der Waals surface area (Å²) in [5.74, 6) is -0.347. The van der Waals surface area contributed by atoms with Crippen molar-refractivity contribution in [3.05, 3.63) is 71.0 Å². The molecule has 1 saturated carbocycles. The summed E-state index contributed by atoms with van der Waals surface area (Å²) in [5, 5.41) is 6.31. The van der Waals surface area contributed by atoms with Gasteiger partial charge in [-0.1, -0.05) is 42.0 Å². The summed E-state index contributed by atoms with van der Waals surface area (Å²) >= 11 is 0. The van der Waals surface area contributed by atoms with Gasteiger partial charge in [0.2, 0.25) is 5.91 Å². The van der Waals surface area contributed by atoms with E-state index < -0.39 is 6.04 Å². The minimum absolute atomic E-state index is 0.0498. The molecule has 0 spiro atoms. The summed E-state index contributed by atoms with van der Waals surface area (Å²) in [6.07, 6.45) is 2.08. The molecule has 1 aliphatic carbocycles. The van der Waals surface area contributed by atoms with Gasteiger partial charge >= 0.3 is 0 Å². The number of amides is 1. The van der Waals surface area contributed by atoms with Gasteiger partial charge in [-0.15, -0.1) is 0 Å². The van der Waals surface area contributed by atoms with Gasteiger partial charge in [0.1, 0.15) is 11.9 Å². The minimum atomic E-state index is -0.475. The molecule has 1 aliphatic rings. The highest BCUT2D eigenvalue weighted by Gasteiger charge is 2.28. The normalized spacial score (nSPS) is 15.2. The summed E-state index contributed by atoms with van der Waals surface area (Å²) in [5.41, 5.74) is 3.09. The molecule has 0 aromatic heterocycles. The maximum absolute atomic E-state index is 13.1. The van der Waals surface area contributed by atoms with Crippen molar-refractivity contribution in [1.29, 1.82) is 0 Å². The van der Waals surface area contributed by atoms with Gasteiger partial charge in [0.25, 0.3) is 0 Å². The first-order valence-corrected chi connectivity index (χ1v) is 7.96. The molecular weight excluding hydrogens is 291 g/mol. The molecular formula is C19H21FN2O. The number of rotatable bonds is 6. The first-order chi connectivity index (χ1) is 11.1. The summed E-state index contributed by atoms with van der Waals surface area (Å²) in [4.78, 5) is 12.5. The number of carbonyl (C=O) groups is 1. The van der Waals surface area contributed by atoms with Crippen molar-refractivity contribution >= 4 is 5.91 Å². The highest BCUT2D eigenvalue weighted by Crippen LogP contribution is 2.21. The first-order valence-electron chi connectivity index (χ1n) is 7.96. The quantitative estimate of drug-likeness (QED) is 0.860. The first kappa shape index (κ1) is 15.7. The van der Waals surface area contributed by atoms with Crippen molar-refractivity contribution in [2.75, 3.05) is 0 Å². The largest absolute Gasteiger partial charge is 0.352 e. The van der Waals surface area contributed by atoms with Crippen LogP contribution in [0, 0.1) is 12.7 Å². The van der Waals surface area contributed by atoms with Crippen molar-refractivity contribution in [2.24, 2.45) is 0 Å².